The second kappa shape index (κ2) is 12.1. The molecule has 1 rings (SSSR count). The lowest BCUT2D eigenvalue weighted by molar-refractivity contribution is -0.146. The third kappa shape index (κ3) is 7.90. The van der Waals surface area contributed by atoms with E-state index in [0.717, 1.165) is 0 Å². The Morgan fingerprint density at radius 3 is 1.88 bits per heavy atom. The van der Waals surface area contributed by atoms with E-state index in [1.807, 2.05) is 0 Å². The van der Waals surface area contributed by atoms with Gasteiger partial charge in [-0.3, -0.25) is 14.4 Å². The van der Waals surface area contributed by atoms with Crippen LogP contribution in [0, 0.1) is 5.92 Å². The lowest BCUT2D eigenvalue weighted by atomic mass is 10.0. The van der Waals surface area contributed by atoms with Crippen molar-refractivity contribution in [1.29, 1.82) is 0 Å². The molecule has 0 saturated heterocycles. The van der Waals surface area contributed by atoms with E-state index < -0.39 is 66.0 Å². The van der Waals surface area contributed by atoms with Crippen LogP contribution in [0.4, 0.5) is 0 Å². The Kier molecular flexibility index (Phi) is 10.2. The van der Waals surface area contributed by atoms with Crippen LogP contribution in [0.1, 0.15) is 33.4 Å². The zero-order valence-electron chi connectivity index (χ0n) is 18.4. The molecule has 180 valence electrons. The highest BCUT2D eigenvalue weighted by molar-refractivity contribution is 5.94. The van der Waals surface area contributed by atoms with E-state index in [-0.39, 0.29) is 6.42 Å². The lowest BCUT2D eigenvalue weighted by Crippen LogP contribution is -2.61. The Labute approximate surface area is 185 Å². The van der Waals surface area contributed by atoms with Crippen LogP contribution in [-0.2, 0) is 25.6 Å². The molecule has 1 heterocycles. The highest BCUT2D eigenvalue weighted by Gasteiger charge is 2.34. The van der Waals surface area contributed by atoms with Gasteiger partial charge in [-0.15, -0.1) is 0 Å². The molecule has 3 amide bonds. The van der Waals surface area contributed by atoms with E-state index in [2.05, 4.69) is 25.9 Å². The highest BCUT2D eigenvalue weighted by Crippen LogP contribution is 2.06. The first-order chi connectivity index (χ1) is 14.8. The Bertz CT molecular complexity index is 781. The number of nitrogens with zero attached hydrogens (tertiary/aromatic N) is 1. The van der Waals surface area contributed by atoms with Crippen molar-refractivity contribution in [3.63, 3.8) is 0 Å². The van der Waals surface area contributed by atoms with Gasteiger partial charge in [0.05, 0.1) is 24.6 Å². The maximum atomic E-state index is 12.8. The summed E-state index contributed by atoms with van der Waals surface area (Å²) in [5, 5.41) is 35.5. The van der Waals surface area contributed by atoms with Gasteiger partial charge in [0.25, 0.3) is 0 Å². The summed E-state index contributed by atoms with van der Waals surface area (Å²) < 4.78 is 0. The van der Waals surface area contributed by atoms with Crippen molar-refractivity contribution in [1.82, 2.24) is 25.9 Å². The number of carbonyl (C=O) groups excluding carboxylic acids is 3. The number of H-pyrrole nitrogens is 1. The highest BCUT2D eigenvalue weighted by atomic mass is 16.4. The van der Waals surface area contributed by atoms with Crippen molar-refractivity contribution in [3.8, 4) is 0 Å². The average Bonchev–Trinajstić information content (AvgIpc) is 3.19. The summed E-state index contributed by atoms with van der Waals surface area (Å²) in [6.45, 7) is 5.73. The summed E-state index contributed by atoms with van der Waals surface area (Å²) >= 11 is 0. The smallest absolute Gasteiger partial charge is 0.328 e. The molecule has 0 saturated carbocycles. The number of aromatic nitrogens is 2. The number of carboxylic acids is 1. The molecule has 1 aromatic heterocycles. The Morgan fingerprint density at radius 1 is 0.938 bits per heavy atom. The lowest BCUT2D eigenvalue weighted by Gasteiger charge is -2.28. The van der Waals surface area contributed by atoms with Crippen LogP contribution in [0.25, 0.3) is 0 Å². The molecule has 32 heavy (non-hydrogen) atoms. The maximum absolute atomic E-state index is 12.8. The SMILES string of the molecule is CC(C)C(NC(=O)C(N)Cc1cnc[nH]1)C(=O)NC(C(=O)NC(C(=O)O)C(C)O)C(C)O. The van der Waals surface area contributed by atoms with Gasteiger partial charge in [-0.2, -0.15) is 0 Å². The van der Waals surface area contributed by atoms with Crippen LogP contribution in [0.15, 0.2) is 12.5 Å². The first-order valence-corrected chi connectivity index (χ1v) is 10.1. The van der Waals surface area contributed by atoms with E-state index >= 15 is 0 Å². The minimum absolute atomic E-state index is 0.160. The standard InChI is InChI=1S/C19H32N6O7/c1-8(2)13(23-16(28)12(20)5-11-6-21-7-22-11)17(29)24-14(9(3)26)18(30)25-15(10(4)27)19(31)32/h6-10,12-15,26-27H,5,20H2,1-4H3,(H,21,22)(H,23,28)(H,24,29)(H,25,30)(H,31,32). The number of aliphatic hydroxyl groups is 2. The quantitative estimate of drug-likeness (QED) is 0.163. The van der Waals surface area contributed by atoms with Gasteiger partial charge >= 0.3 is 5.97 Å². The first-order valence-electron chi connectivity index (χ1n) is 10.1. The molecule has 0 fully saturated rings. The van der Waals surface area contributed by atoms with Gasteiger partial charge in [0.1, 0.15) is 12.1 Å². The van der Waals surface area contributed by atoms with Gasteiger partial charge in [-0.25, -0.2) is 9.78 Å². The Hall–Kier alpha value is -3.03. The van der Waals surface area contributed by atoms with E-state index in [9.17, 15) is 29.4 Å². The summed E-state index contributed by atoms with van der Waals surface area (Å²) in [7, 11) is 0. The van der Waals surface area contributed by atoms with Gasteiger partial charge < -0.3 is 42.0 Å². The van der Waals surface area contributed by atoms with Crippen LogP contribution < -0.4 is 21.7 Å². The number of aliphatic hydroxyl groups excluding tert-OH is 2. The van der Waals surface area contributed by atoms with Gasteiger partial charge in [0, 0.05) is 18.3 Å². The van der Waals surface area contributed by atoms with Crippen LogP contribution >= 0.6 is 0 Å². The maximum Gasteiger partial charge on any atom is 0.328 e. The number of nitrogens with one attached hydrogen (secondary N) is 4. The van der Waals surface area contributed by atoms with Gasteiger partial charge in [-0.1, -0.05) is 13.8 Å². The van der Waals surface area contributed by atoms with E-state index in [0.29, 0.717) is 5.69 Å². The van der Waals surface area contributed by atoms with Crippen molar-refractivity contribution in [2.75, 3.05) is 0 Å². The number of aromatic amines is 1. The molecule has 0 spiro atoms. The van der Waals surface area contributed by atoms with Crippen LogP contribution in [0.2, 0.25) is 0 Å². The van der Waals surface area contributed by atoms with Crippen molar-refractivity contribution >= 4 is 23.7 Å². The van der Waals surface area contributed by atoms with Gasteiger partial charge in [0.15, 0.2) is 6.04 Å². The average molecular weight is 457 g/mol. The molecule has 6 atom stereocenters. The minimum atomic E-state index is -1.64. The molecule has 0 bridgehead atoms. The number of amides is 3. The molecule has 13 heteroatoms. The fourth-order valence-electron chi connectivity index (χ4n) is 2.80. The summed E-state index contributed by atoms with van der Waals surface area (Å²) in [4.78, 5) is 55.6. The van der Waals surface area contributed by atoms with E-state index in [4.69, 9.17) is 10.8 Å². The van der Waals surface area contributed by atoms with Crippen molar-refractivity contribution in [2.45, 2.75) is 70.5 Å². The molecule has 0 aliphatic rings. The monoisotopic (exact) mass is 456 g/mol. The minimum Gasteiger partial charge on any atom is -0.480 e. The summed E-state index contributed by atoms with van der Waals surface area (Å²) in [5.41, 5.74) is 6.53. The molecule has 1 aromatic rings. The predicted molar refractivity (Wildman–Crippen MR) is 112 cm³/mol. The zero-order chi connectivity index (χ0) is 24.6. The topological polar surface area (TPSA) is 220 Å². The molecular weight excluding hydrogens is 424 g/mol. The van der Waals surface area contributed by atoms with Crippen molar-refractivity contribution < 1.29 is 34.5 Å². The number of hydrogen-bond donors (Lipinski definition) is 8. The number of rotatable bonds is 12. The van der Waals surface area contributed by atoms with E-state index in [1.54, 1.807) is 13.8 Å². The van der Waals surface area contributed by atoms with E-state index in [1.165, 1.54) is 26.4 Å². The van der Waals surface area contributed by atoms with Gasteiger partial charge in [0.2, 0.25) is 17.7 Å². The van der Waals surface area contributed by atoms with Crippen molar-refractivity contribution in [3.05, 3.63) is 18.2 Å². The van der Waals surface area contributed by atoms with Crippen LogP contribution in [0.5, 0.6) is 0 Å². The summed E-state index contributed by atoms with van der Waals surface area (Å²) in [6.07, 6.45) is 0.308. The number of carbonyl (C=O) groups is 4. The largest absolute Gasteiger partial charge is 0.480 e. The van der Waals surface area contributed by atoms with Crippen LogP contribution in [0.3, 0.4) is 0 Å². The molecule has 9 N–H and O–H groups in total. The molecular formula is C19H32N6O7. The normalized spacial score (nSPS) is 16.9. The second-order valence-corrected chi connectivity index (χ2v) is 7.91. The molecule has 0 aromatic carbocycles. The molecule has 0 aliphatic carbocycles. The number of carboxylic acid groups (broad SMARTS) is 1. The molecule has 0 aliphatic heterocycles. The Morgan fingerprint density at radius 2 is 1.44 bits per heavy atom. The summed E-state index contributed by atoms with van der Waals surface area (Å²) in [5.74, 6) is -4.27. The predicted octanol–water partition coefficient (Wildman–Crippen LogP) is -2.76. The fourth-order valence-corrected chi connectivity index (χ4v) is 2.80. The number of hydrogen-bond acceptors (Lipinski definition) is 8. The third-order valence-corrected chi connectivity index (χ3v) is 4.69. The number of aliphatic carboxylic acids is 1. The summed E-state index contributed by atoms with van der Waals surface area (Å²) in [6, 6.07) is -5.22. The Balaban J connectivity index is 2.87. The molecule has 0 radical (unpaired) electrons. The molecule has 13 nitrogen and oxygen atoms in total. The van der Waals surface area contributed by atoms with Crippen LogP contribution in [-0.4, -0.2) is 85.4 Å². The molecule has 6 unspecified atom stereocenters. The number of imidazole rings is 1. The zero-order valence-corrected chi connectivity index (χ0v) is 18.4. The number of nitrogens with two attached hydrogens (primary N) is 1. The second-order valence-electron chi connectivity index (χ2n) is 7.91. The fraction of sp³-hybridized carbons (Fsp3) is 0.632. The van der Waals surface area contributed by atoms with Crippen molar-refractivity contribution in [2.24, 2.45) is 11.7 Å². The van der Waals surface area contributed by atoms with Gasteiger partial charge in [-0.05, 0) is 19.8 Å². The third-order valence-electron chi connectivity index (χ3n) is 4.69. The first kappa shape index (κ1) is 27.0.